The van der Waals surface area contributed by atoms with Gasteiger partial charge in [-0.1, -0.05) is 30.3 Å². The van der Waals surface area contributed by atoms with Crippen LogP contribution in [0.25, 0.3) is 0 Å². The maximum absolute atomic E-state index is 12.5. The summed E-state index contributed by atoms with van der Waals surface area (Å²) < 4.78 is 7.28. The van der Waals surface area contributed by atoms with E-state index in [0.717, 1.165) is 5.56 Å². The maximum atomic E-state index is 12.5. The third kappa shape index (κ3) is 4.28. The van der Waals surface area contributed by atoms with Gasteiger partial charge in [0.05, 0.1) is 18.6 Å². The molecule has 1 heterocycles. The Hall–Kier alpha value is -2.43. The molecule has 23 heavy (non-hydrogen) atoms. The third-order valence-corrected chi connectivity index (χ3v) is 3.62. The van der Waals surface area contributed by atoms with Crippen molar-refractivity contribution in [2.24, 2.45) is 0 Å². The molecule has 0 N–H and O–H groups in total. The van der Waals surface area contributed by atoms with Crippen molar-refractivity contribution in [3.8, 4) is 0 Å². The average Bonchev–Trinajstić information content (AvgIpc) is 2.95. The van der Waals surface area contributed by atoms with E-state index >= 15 is 0 Å². The van der Waals surface area contributed by atoms with E-state index in [4.69, 9.17) is 4.74 Å². The van der Waals surface area contributed by atoms with Crippen molar-refractivity contribution in [2.75, 3.05) is 0 Å². The minimum atomic E-state index is -0.839. The van der Waals surface area contributed by atoms with Gasteiger partial charge in [0.15, 0.2) is 0 Å². The first-order valence-corrected chi connectivity index (χ1v) is 7.60. The Morgan fingerprint density at radius 1 is 1.26 bits per heavy atom. The largest absolute Gasteiger partial charge is 0.454 e. The Kier molecular flexibility index (Phi) is 4.98. The van der Waals surface area contributed by atoms with Crippen LogP contribution in [0.4, 0.5) is 0 Å². The second-order valence-electron chi connectivity index (χ2n) is 6.30. The summed E-state index contributed by atoms with van der Waals surface area (Å²) in [4.78, 5) is 27.8. The number of imidazole rings is 1. The van der Waals surface area contributed by atoms with Crippen LogP contribution in [-0.2, 0) is 9.53 Å². The molecule has 1 atom stereocenters. The Bertz CT molecular complexity index is 689. The number of carbonyl (C=O) groups is 2. The Morgan fingerprint density at radius 3 is 2.52 bits per heavy atom. The van der Waals surface area contributed by atoms with Crippen LogP contribution in [0.2, 0.25) is 0 Å². The second kappa shape index (κ2) is 6.77. The van der Waals surface area contributed by atoms with E-state index in [-0.39, 0.29) is 18.2 Å². The zero-order chi connectivity index (χ0) is 17.0. The summed E-state index contributed by atoms with van der Waals surface area (Å²) in [6.45, 7) is 6.94. The van der Waals surface area contributed by atoms with Gasteiger partial charge in [0.25, 0.3) is 0 Å². The van der Waals surface area contributed by atoms with Gasteiger partial charge in [0, 0.05) is 6.42 Å². The second-order valence-corrected chi connectivity index (χ2v) is 6.30. The lowest BCUT2D eigenvalue weighted by atomic mass is 10.0. The van der Waals surface area contributed by atoms with Gasteiger partial charge in [0.1, 0.15) is 17.1 Å². The van der Waals surface area contributed by atoms with Crippen LogP contribution in [0.5, 0.6) is 0 Å². The molecule has 0 amide bonds. The fourth-order valence-electron chi connectivity index (χ4n) is 2.60. The molecule has 0 aliphatic rings. The van der Waals surface area contributed by atoms with Gasteiger partial charge in [-0.25, -0.2) is 9.78 Å². The molecular weight excluding hydrogens is 292 g/mol. The number of nitrogens with zero attached hydrogens (tertiary/aromatic N) is 2. The zero-order valence-electron chi connectivity index (χ0n) is 13.9. The van der Waals surface area contributed by atoms with E-state index in [1.54, 1.807) is 24.7 Å². The minimum absolute atomic E-state index is 0.0195. The zero-order valence-corrected chi connectivity index (χ0v) is 13.9. The predicted octanol–water partition coefficient (Wildman–Crippen LogP) is 3.41. The van der Waals surface area contributed by atoms with Crippen LogP contribution in [-0.4, -0.2) is 26.9 Å². The molecule has 0 saturated heterocycles. The molecular formula is C18H22N2O3. The fraction of sp³-hybridized carbons (Fsp3) is 0.389. The highest BCUT2D eigenvalue weighted by Crippen LogP contribution is 2.22. The number of rotatable bonds is 6. The Balaban J connectivity index is 2.20. The molecule has 0 fully saturated rings. The van der Waals surface area contributed by atoms with Crippen LogP contribution in [0.3, 0.4) is 0 Å². The van der Waals surface area contributed by atoms with E-state index in [1.165, 1.54) is 13.1 Å². The molecule has 1 aromatic carbocycles. The SMILES string of the molecule is CC(=O)CC(C)(C)OC(=O)c1cncn1[C@H](C)c1ccccc1. The van der Waals surface area contributed by atoms with Crippen LogP contribution in [0.15, 0.2) is 42.9 Å². The number of Topliss-reactive ketones (excluding diaryl/α,β-unsaturated/α-hetero) is 1. The summed E-state index contributed by atoms with van der Waals surface area (Å²) in [7, 11) is 0. The smallest absolute Gasteiger partial charge is 0.357 e. The quantitative estimate of drug-likeness (QED) is 0.767. The van der Waals surface area contributed by atoms with Crippen LogP contribution in [0.1, 0.15) is 56.2 Å². The summed E-state index contributed by atoms with van der Waals surface area (Å²) >= 11 is 0. The van der Waals surface area contributed by atoms with Gasteiger partial charge >= 0.3 is 5.97 Å². The van der Waals surface area contributed by atoms with Crippen molar-refractivity contribution in [3.63, 3.8) is 0 Å². The molecule has 5 nitrogen and oxygen atoms in total. The highest BCUT2D eigenvalue weighted by atomic mass is 16.6. The van der Waals surface area contributed by atoms with E-state index < -0.39 is 11.6 Å². The van der Waals surface area contributed by atoms with Crippen molar-refractivity contribution >= 4 is 11.8 Å². The van der Waals surface area contributed by atoms with Gasteiger partial charge in [-0.3, -0.25) is 4.79 Å². The number of esters is 1. The van der Waals surface area contributed by atoms with Crippen LogP contribution in [0, 0.1) is 0 Å². The lowest BCUT2D eigenvalue weighted by Crippen LogP contribution is -2.31. The highest BCUT2D eigenvalue weighted by Gasteiger charge is 2.28. The number of ether oxygens (including phenoxy) is 1. The molecule has 0 bridgehead atoms. The molecule has 0 aliphatic heterocycles. The molecule has 0 spiro atoms. The number of hydrogen-bond donors (Lipinski definition) is 0. The molecule has 5 heteroatoms. The molecule has 2 aromatic rings. The monoisotopic (exact) mass is 314 g/mol. The molecule has 0 saturated carbocycles. The summed E-state index contributed by atoms with van der Waals surface area (Å²) in [5.74, 6) is -0.495. The molecule has 0 radical (unpaired) electrons. The number of aromatic nitrogens is 2. The molecule has 0 unspecified atom stereocenters. The standard InChI is InChI=1S/C18H22N2O3/c1-13(21)10-18(3,4)23-17(22)16-11-19-12-20(16)14(2)15-8-6-5-7-9-15/h5-9,11-12,14H,10H2,1-4H3/t14-/m1/s1. The summed E-state index contributed by atoms with van der Waals surface area (Å²) in [6.07, 6.45) is 3.29. The van der Waals surface area contributed by atoms with Crippen molar-refractivity contribution in [1.29, 1.82) is 0 Å². The maximum Gasteiger partial charge on any atom is 0.357 e. The first kappa shape index (κ1) is 16.9. The third-order valence-electron chi connectivity index (χ3n) is 3.62. The Labute approximate surface area is 136 Å². The lowest BCUT2D eigenvalue weighted by Gasteiger charge is -2.24. The van der Waals surface area contributed by atoms with Crippen molar-refractivity contribution < 1.29 is 14.3 Å². The highest BCUT2D eigenvalue weighted by molar-refractivity contribution is 5.88. The fourth-order valence-corrected chi connectivity index (χ4v) is 2.60. The van der Waals surface area contributed by atoms with E-state index in [0.29, 0.717) is 5.69 Å². The molecule has 2 rings (SSSR count). The summed E-state index contributed by atoms with van der Waals surface area (Å²) in [5.41, 5.74) is 0.606. The summed E-state index contributed by atoms with van der Waals surface area (Å²) in [5, 5.41) is 0. The van der Waals surface area contributed by atoms with Gasteiger partial charge in [-0.15, -0.1) is 0 Å². The topological polar surface area (TPSA) is 61.2 Å². The number of ketones is 1. The lowest BCUT2D eigenvalue weighted by molar-refractivity contribution is -0.121. The van der Waals surface area contributed by atoms with E-state index in [1.807, 2.05) is 37.3 Å². The average molecular weight is 314 g/mol. The first-order valence-electron chi connectivity index (χ1n) is 7.60. The summed E-state index contributed by atoms with van der Waals surface area (Å²) in [6, 6.07) is 9.81. The number of carbonyl (C=O) groups excluding carboxylic acids is 2. The van der Waals surface area contributed by atoms with Crippen molar-refractivity contribution in [1.82, 2.24) is 9.55 Å². The predicted molar refractivity (Wildman–Crippen MR) is 87.3 cm³/mol. The van der Waals surface area contributed by atoms with Gasteiger partial charge in [0.2, 0.25) is 0 Å². The van der Waals surface area contributed by atoms with Crippen LogP contribution < -0.4 is 0 Å². The normalized spacial score (nSPS) is 12.7. The molecule has 122 valence electrons. The molecule has 1 aromatic heterocycles. The van der Waals surface area contributed by atoms with Crippen molar-refractivity contribution in [3.05, 3.63) is 54.1 Å². The van der Waals surface area contributed by atoms with Crippen molar-refractivity contribution in [2.45, 2.75) is 45.8 Å². The number of benzene rings is 1. The van der Waals surface area contributed by atoms with Gasteiger partial charge in [-0.2, -0.15) is 0 Å². The number of hydrogen-bond acceptors (Lipinski definition) is 4. The Morgan fingerprint density at radius 2 is 1.91 bits per heavy atom. The van der Waals surface area contributed by atoms with Gasteiger partial charge < -0.3 is 9.30 Å². The first-order chi connectivity index (χ1) is 10.8. The minimum Gasteiger partial charge on any atom is -0.454 e. The molecule has 0 aliphatic carbocycles. The van der Waals surface area contributed by atoms with E-state index in [9.17, 15) is 9.59 Å². The van der Waals surface area contributed by atoms with Crippen LogP contribution >= 0.6 is 0 Å². The van der Waals surface area contributed by atoms with Gasteiger partial charge in [-0.05, 0) is 33.3 Å². The van der Waals surface area contributed by atoms with E-state index in [2.05, 4.69) is 4.98 Å².